The van der Waals surface area contributed by atoms with Gasteiger partial charge in [0.25, 0.3) is 0 Å². The van der Waals surface area contributed by atoms with Crippen molar-refractivity contribution in [2.45, 2.75) is 25.7 Å². The maximum atomic E-state index is 12.8. The molecule has 0 aliphatic heterocycles. The van der Waals surface area contributed by atoms with E-state index >= 15 is 0 Å². The van der Waals surface area contributed by atoms with Crippen LogP contribution >= 0.6 is 0 Å². The van der Waals surface area contributed by atoms with Crippen molar-refractivity contribution >= 4 is 5.91 Å². The number of hydrogen-bond donors (Lipinski definition) is 1. The minimum Gasteiger partial charge on any atom is -0.369 e. The van der Waals surface area contributed by atoms with Gasteiger partial charge in [-0.15, -0.1) is 0 Å². The average molecular weight is 207 g/mol. The number of amides is 1. The second-order valence-corrected chi connectivity index (χ2v) is 4.84. The van der Waals surface area contributed by atoms with Gasteiger partial charge in [0.15, 0.2) is 0 Å². The van der Waals surface area contributed by atoms with Gasteiger partial charge in [0.1, 0.15) is 5.82 Å². The van der Waals surface area contributed by atoms with Gasteiger partial charge in [-0.3, -0.25) is 4.79 Å². The molecule has 2 N–H and O–H groups in total. The van der Waals surface area contributed by atoms with Crippen LogP contribution in [0.5, 0.6) is 0 Å². The highest BCUT2D eigenvalue weighted by Gasteiger charge is 2.66. The smallest absolute Gasteiger partial charge is 0.228 e. The minimum absolute atomic E-state index is 0.114. The largest absolute Gasteiger partial charge is 0.369 e. The Bertz CT molecular complexity index is 410. The number of carbonyl (C=O) groups is 1. The Kier molecular flexibility index (Phi) is 1.90. The highest BCUT2D eigenvalue weighted by Crippen LogP contribution is 2.64. The van der Waals surface area contributed by atoms with E-state index in [-0.39, 0.29) is 17.1 Å². The van der Waals surface area contributed by atoms with Gasteiger partial charge in [-0.25, -0.2) is 4.39 Å². The fourth-order valence-corrected chi connectivity index (χ4v) is 2.41. The van der Waals surface area contributed by atoms with Gasteiger partial charge in [0, 0.05) is 0 Å². The van der Waals surface area contributed by atoms with E-state index in [9.17, 15) is 9.18 Å². The summed E-state index contributed by atoms with van der Waals surface area (Å²) in [5.74, 6) is -0.615. The summed E-state index contributed by atoms with van der Waals surface area (Å²) in [5.41, 5.74) is 5.56. The van der Waals surface area contributed by atoms with Gasteiger partial charge in [-0.1, -0.05) is 26.0 Å². The number of halogens is 1. The zero-order valence-corrected chi connectivity index (χ0v) is 8.88. The second-order valence-electron chi connectivity index (χ2n) is 4.84. The van der Waals surface area contributed by atoms with E-state index in [1.54, 1.807) is 12.1 Å². The van der Waals surface area contributed by atoms with E-state index in [1.807, 2.05) is 13.8 Å². The number of benzene rings is 1. The SMILES string of the molecule is CC1(C)CC1(C(N)=O)c1ccc(F)cc1. The van der Waals surface area contributed by atoms with Crippen LogP contribution in [-0.2, 0) is 10.2 Å². The third-order valence-electron chi connectivity index (χ3n) is 3.50. The van der Waals surface area contributed by atoms with Crippen LogP contribution in [0.15, 0.2) is 24.3 Å². The molecule has 0 spiro atoms. The lowest BCUT2D eigenvalue weighted by Gasteiger charge is -2.17. The second kappa shape index (κ2) is 2.81. The number of primary amides is 1. The van der Waals surface area contributed by atoms with Crippen LogP contribution in [0, 0.1) is 11.2 Å². The van der Waals surface area contributed by atoms with Gasteiger partial charge in [-0.2, -0.15) is 0 Å². The maximum Gasteiger partial charge on any atom is 0.228 e. The number of carbonyl (C=O) groups excluding carboxylic acids is 1. The van der Waals surface area contributed by atoms with Crippen LogP contribution in [0.2, 0.25) is 0 Å². The minimum atomic E-state index is -0.597. The molecule has 1 saturated carbocycles. The molecule has 1 unspecified atom stereocenters. The quantitative estimate of drug-likeness (QED) is 0.791. The van der Waals surface area contributed by atoms with Crippen LogP contribution in [-0.4, -0.2) is 5.91 Å². The molecule has 1 aromatic carbocycles. The van der Waals surface area contributed by atoms with Crippen molar-refractivity contribution in [1.82, 2.24) is 0 Å². The lowest BCUT2D eigenvalue weighted by Crippen LogP contribution is -2.32. The first-order valence-corrected chi connectivity index (χ1v) is 4.96. The summed E-state index contributed by atoms with van der Waals surface area (Å²) in [7, 11) is 0. The van der Waals surface area contributed by atoms with E-state index in [0.29, 0.717) is 0 Å². The molecule has 0 saturated heterocycles. The summed E-state index contributed by atoms with van der Waals surface area (Å²) in [6.07, 6.45) is 0.737. The van der Waals surface area contributed by atoms with Crippen LogP contribution in [0.3, 0.4) is 0 Å². The Labute approximate surface area is 88.3 Å². The highest BCUT2D eigenvalue weighted by molar-refractivity contribution is 5.91. The summed E-state index contributed by atoms with van der Waals surface area (Å²) in [6.45, 7) is 4.00. The predicted octanol–water partition coefficient (Wildman–Crippen LogP) is 1.98. The molecule has 15 heavy (non-hydrogen) atoms. The number of rotatable bonds is 2. The van der Waals surface area contributed by atoms with Gasteiger partial charge in [-0.05, 0) is 29.5 Å². The molecular weight excluding hydrogens is 193 g/mol. The third kappa shape index (κ3) is 1.26. The fourth-order valence-electron chi connectivity index (χ4n) is 2.41. The van der Waals surface area contributed by atoms with Crippen LogP contribution in [0.25, 0.3) is 0 Å². The Morgan fingerprint density at radius 1 is 1.33 bits per heavy atom. The van der Waals surface area contributed by atoms with Gasteiger partial charge < -0.3 is 5.73 Å². The Morgan fingerprint density at radius 2 is 1.80 bits per heavy atom. The molecule has 1 aliphatic carbocycles. The summed E-state index contributed by atoms with van der Waals surface area (Å²) >= 11 is 0. The first kappa shape index (κ1) is 10.1. The van der Waals surface area contributed by atoms with Crippen molar-refractivity contribution in [3.63, 3.8) is 0 Å². The molecular formula is C12H14FNO. The summed E-state index contributed by atoms with van der Waals surface area (Å²) in [6, 6.07) is 6.03. The van der Waals surface area contributed by atoms with Gasteiger partial charge in [0.2, 0.25) is 5.91 Å². The molecule has 1 amide bonds. The lowest BCUT2D eigenvalue weighted by atomic mass is 9.87. The molecule has 2 rings (SSSR count). The van der Waals surface area contributed by atoms with Crippen molar-refractivity contribution in [2.75, 3.05) is 0 Å². The molecule has 0 radical (unpaired) electrons. The van der Waals surface area contributed by atoms with Gasteiger partial charge in [0.05, 0.1) is 5.41 Å². The number of nitrogens with two attached hydrogens (primary N) is 1. The zero-order chi connectivity index (χ0) is 11.3. The number of hydrogen-bond acceptors (Lipinski definition) is 1. The standard InChI is InChI=1S/C12H14FNO/c1-11(2)7-12(11,10(14)15)8-3-5-9(13)6-4-8/h3-6H,7H2,1-2H3,(H2,14,15). The Balaban J connectivity index is 2.45. The first-order valence-electron chi connectivity index (χ1n) is 4.96. The van der Waals surface area contributed by atoms with Gasteiger partial charge >= 0.3 is 0 Å². The predicted molar refractivity (Wildman–Crippen MR) is 55.7 cm³/mol. The normalized spacial score (nSPS) is 27.4. The van der Waals surface area contributed by atoms with Crippen LogP contribution in [0.1, 0.15) is 25.8 Å². The van der Waals surface area contributed by atoms with E-state index in [2.05, 4.69) is 0 Å². The molecule has 1 aliphatic rings. The third-order valence-corrected chi connectivity index (χ3v) is 3.50. The molecule has 0 bridgehead atoms. The van der Waals surface area contributed by atoms with Crippen molar-refractivity contribution in [3.05, 3.63) is 35.6 Å². The fraction of sp³-hybridized carbons (Fsp3) is 0.417. The summed E-state index contributed by atoms with van der Waals surface area (Å²) in [5, 5.41) is 0. The van der Waals surface area contributed by atoms with Crippen molar-refractivity contribution in [2.24, 2.45) is 11.1 Å². The zero-order valence-electron chi connectivity index (χ0n) is 8.88. The summed E-state index contributed by atoms with van der Waals surface area (Å²) in [4.78, 5) is 11.5. The first-order chi connectivity index (χ1) is 6.90. The van der Waals surface area contributed by atoms with E-state index in [4.69, 9.17) is 5.73 Å². The topological polar surface area (TPSA) is 43.1 Å². The monoisotopic (exact) mass is 207 g/mol. The molecule has 0 aromatic heterocycles. The lowest BCUT2D eigenvalue weighted by molar-refractivity contribution is -0.121. The molecule has 1 fully saturated rings. The van der Waals surface area contributed by atoms with E-state index < -0.39 is 5.41 Å². The Morgan fingerprint density at radius 3 is 2.13 bits per heavy atom. The molecule has 1 aromatic rings. The molecule has 80 valence electrons. The average Bonchev–Trinajstić information content (AvgIpc) is 2.72. The Hall–Kier alpha value is -1.38. The van der Waals surface area contributed by atoms with Crippen molar-refractivity contribution in [1.29, 1.82) is 0 Å². The molecule has 2 nitrogen and oxygen atoms in total. The van der Waals surface area contributed by atoms with E-state index in [1.165, 1.54) is 12.1 Å². The molecule has 0 heterocycles. The van der Waals surface area contributed by atoms with Crippen LogP contribution in [0.4, 0.5) is 4.39 Å². The van der Waals surface area contributed by atoms with Crippen molar-refractivity contribution < 1.29 is 9.18 Å². The van der Waals surface area contributed by atoms with Crippen molar-refractivity contribution in [3.8, 4) is 0 Å². The molecule has 1 atom stereocenters. The van der Waals surface area contributed by atoms with E-state index in [0.717, 1.165) is 12.0 Å². The summed E-state index contributed by atoms with van der Waals surface area (Å²) < 4.78 is 12.8. The highest BCUT2D eigenvalue weighted by atomic mass is 19.1. The van der Waals surface area contributed by atoms with Crippen LogP contribution < -0.4 is 5.73 Å². The molecule has 3 heteroatoms. The maximum absolute atomic E-state index is 12.8.